The summed E-state index contributed by atoms with van der Waals surface area (Å²) in [5.41, 5.74) is -1.86. The largest absolute Gasteiger partial charge is 0.619 e. The second kappa shape index (κ2) is 7.70. The van der Waals surface area contributed by atoms with Crippen molar-refractivity contribution in [3.63, 3.8) is 0 Å². The lowest BCUT2D eigenvalue weighted by molar-refractivity contribution is -0.604. The standard InChI is InChI=1S/C18H10F5N3O3/c19-14-4-3-12(7-15(14)20)29-17-13(6-10(8-24-17)18(21,22)23)16(27)25-11-2-1-5-26(28)9-11/h1-9H,(H,25,27). The van der Waals surface area contributed by atoms with Crippen molar-refractivity contribution >= 4 is 11.6 Å². The maximum Gasteiger partial charge on any atom is 0.417 e. The van der Waals surface area contributed by atoms with Gasteiger partial charge in [0.1, 0.15) is 17.0 Å². The zero-order chi connectivity index (χ0) is 21.2. The van der Waals surface area contributed by atoms with Gasteiger partial charge in [-0.2, -0.15) is 17.9 Å². The maximum absolute atomic E-state index is 13.4. The van der Waals surface area contributed by atoms with E-state index in [1.54, 1.807) is 0 Å². The number of aromatic nitrogens is 2. The van der Waals surface area contributed by atoms with Crippen LogP contribution in [0.4, 0.5) is 27.6 Å². The fourth-order valence-electron chi connectivity index (χ4n) is 2.23. The van der Waals surface area contributed by atoms with E-state index in [9.17, 15) is 32.0 Å². The molecule has 1 N–H and O–H groups in total. The lowest BCUT2D eigenvalue weighted by Gasteiger charge is -2.13. The summed E-state index contributed by atoms with van der Waals surface area (Å²) >= 11 is 0. The Morgan fingerprint density at radius 1 is 1.14 bits per heavy atom. The summed E-state index contributed by atoms with van der Waals surface area (Å²) in [5.74, 6) is -4.35. The second-order valence-corrected chi connectivity index (χ2v) is 5.66. The van der Waals surface area contributed by atoms with E-state index in [-0.39, 0.29) is 11.4 Å². The molecule has 0 saturated carbocycles. The van der Waals surface area contributed by atoms with Gasteiger partial charge in [0, 0.05) is 18.3 Å². The van der Waals surface area contributed by atoms with E-state index in [0.29, 0.717) is 23.1 Å². The molecule has 0 aliphatic rings. The van der Waals surface area contributed by atoms with Gasteiger partial charge in [0.2, 0.25) is 12.1 Å². The minimum atomic E-state index is -4.80. The Bertz CT molecular complexity index is 1070. The average molecular weight is 411 g/mol. The molecule has 0 bridgehead atoms. The number of halogens is 5. The minimum absolute atomic E-state index is 0.00342. The summed E-state index contributed by atoms with van der Waals surface area (Å²) in [6.45, 7) is 0. The van der Waals surface area contributed by atoms with Crippen molar-refractivity contribution in [2.45, 2.75) is 6.18 Å². The molecule has 6 nitrogen and oxygen atoms in total. The molecule has 0 spiro atoms. The molecule has 0 atom stereocenters. The average Bonchev–Trinajstić information content (AvgIpc) is 2.64. The summed E-state index contributed by atoms with van der Waals surface area (Å²) in [7, 11) is 0. The van der Waals surface area contributed by atoms with E-state index < -0.39 is 40.7 Å². The quantitative estimate of drug-likeness (QED) is 0.399. The molecule has 1 amide bonds. The third-order valence-corrected chi connectivity index (χ3v) is 3.56. The molecule has 0 saturated heterocycles. The Balaban J connectivity index is 1.99. The summed E-state index contributed by atoms with van der Waals surface area (Å²) < 4.78 is 71.0. The number of pyridine rings is 2. The number of carbonyl (C=O) groups is 1. The predicted molar refractivity (Wildman–Crippen MR) is 89.0 cm³/mol. The first-order chi connectivity index (χ1) is 13.6. The minimum Gasteiger partial charge on any atom is -0.619 e. The van der Waals surface area contributed by atoms with Gasteiger partial charge >= 0.3 is 6.18 Å². The van der Waals surface area contributed by atoms with Crippen LogP contribution in [0.1, 0.15) is 15.9 Å². The Labute approximate surface area is 159 Å². The first-order valence-electron chi connectivity index (χ1n) is 7.84. The number of alkyl halides is 3. The molecule has 0 radical (unpaired) electrons. The second-order valence-electron chi connectivity index (χ2n) is 5.66. The highest BCUT2D eigenvalue weighted by molar-refractivity contribution is 6.05. The molecule has 2 aromatic heterocycles. The molecule has 1 aromatic carbocycles. The van der Waals surface area contributed by atoms with Crippen LogP contribution in [0.15, 0.2) is 55.0 Å². The third kappa shape index (κ3) is 4.75. The molecule has 11 heteroatoms. The number of amides is 1. The van der Waals surface area contributed by atoms with Crippen LogP contribution in [-0.2, 0) is 6.18 Å². The molecule has 0 unspecified atom stereocenters. The van der Waals surface area contributed by atoms with Crippen LogP contribution in [0.2, 0.25) is 0 Å². The number of hydrogen-bond acceptors (Lipinski definition) is 4. The van der Waals surface area contributed by atoms with Gasteiger partial charge in [0.15, 0.2) is 17.8 Å². The first kappa shape index (κ1) is 20.0. The molecule has 29 heavy (non-hydrogen) atoms. The number of rotatable bonds is 4. The monoisotopic (exact) mass is 411 g/mol. The number of ether oxygens (including phenoxy) is 1. The SMILES string of the molecule is O=C(Nc1ccc[n+]([O-])c1)c1cc(C(F)(F)F)cnc1Oc1ccc(F)c(F)c1. The van der Waals surface area contributed by atoms with Crippen molar-refractivity contribution in [2.24, 2.45) is 0 Å². The lowest BCUT2D eigenvalue weighted by atomic mass is 10.1. The van der Waals surface area contributed by atoms with Crippen molar-refractivity contribution in [2.75, 3.05) is 5.32 Å². The highest BCUT2D eigenvalue weighted by atomic mass is 19.4. The highest BCUT2D eigenvalue weighted by Crippen LogP contribution is 2.33. The van der Waals surface area contributed by atoms with Crippen LogP contribution in [0.3, 0.4) is 0 Å². The van der Waals surface area contributed by atoms with Gasteiger partial charge in [-0.25, -0.2) is 13.8 Å². The topological polar surface area (TPSA) is 78.2 Å². The zero-order valence-corrected chi connectivity index (χ0v) is 14.2. The molecule has 150 valence electrons. The van der Waals surface area contributed by atoms with Gasteiger partial charge in [-0.15, -0.1) is 0 Å². The van der Waals surface area contributed by atoms with E-state index in [4.69, 9.17) is 4.74 Å². The van der Waals surface area contributed by atoms with Crippen LogP contribution in [0.25, 0.3) is 0 Å². The van der Waals surface area contributed by atoms with Crippen LogP contribution in [0, 0.1) is 16.8 Å². The van der Waals surface area contributed by atoms with Crippen molar-refractivity contribution in [3.05, 3.63) is 83.0 Å². The van der Waals surface area contributed by atoms with Gasteiger partial charge in [-0.3, -0.25) is 4.79 Å². The van der Waals surface area contributed by atoms with Crippen LogP contribution in [-0.4, -0.2) is 10.9 Å². The van der Waals surface area contributed by atoms with Gasteiger partial charge < -0.3 is 15.3 Å². The van der Waals surface area contributed by atoms with Gasteiger partial charge in [0.05, 0.1) is 5.56 Å². The number of hydrogen-bond donors (Lipinski definition) is 1. The Morgan fingerprint density at radius 2 is 1.90 bits per heavy atom. The lowest BCUT2D eigenvalue weighted by Crippen LogP contribution is -2.25. The molecule has 3 aromatic rings. The van der Waals surface area contributed by atoms with Gasteiger partial charge in [0.25, 0.3) is 5.91 Å². The van der Waals surface area contributed by atoms with Gasteiger partial charge in [-0.05, 0) is 24.3 Å². The Morgan fingerprint density at radius 3 is 2.55 bits per heavy atom. The molecule has 0 fully saturated rings. The molecular weight excluding hydrogens is 401 g/mol. The molecule has 0 aliphatic heterocycles. The summed E-state index contributed by atoms with van der Waals surface area (Å²) in [5, 5.41) is 13.5. The fourth-order valence-corrected chi connectivity index (χ4v) is 2.23. The summed E-state index contributed by atoms with van der Waals surface area (Å²) in [4.78, 5) is 16.0. The Kier molecular flexibility index (Phi) is 5.31. The normalized spacial score (nSPS) is 11.2. The molecular formula is C18H10F5N3O3. The number of carbonyl (C=O) groups excluding carboxylic acids is 1. The van der Waals surface area contributed by atoms with Crippen LogP contribution < -0.4 is 14.8 Å². The first-order valence-corrected chi connectivity index (χ1v) is 7.84. The van der Waals surface area contributed by atoms with Crippen LogP contribution >= 0.6 is 0 Å². The molecule has 3 rings (SSSR count). The number of benzene rings is 1. The summed E-state index contributed by atoms with van der Waals surface area (Å²) in [6.07, 6.45) is -2.25. The van der Waals surface area contributed by atoms with Crippen molar-refractivity contribution < 1.29 is 36.2 Å². The third-order valence-electron chi connectivity index (χ3n) is 3.56. The van der Waals surface area contributed by atoms with E-state index in [2.05, 4.69) is 10.3 Å². The highest BCUT2D eigenvalue weighted by Gasteiger charge is 2.33. The Hall–Kier alpha value is -3.76. The smallest absolute Gasteiger partial charge is 0.417 e. The van der Waals surface area contributed by atoms with Crippen molar-refractivity contribution in [3.8, 4) is 11.6 Å². The number of anilines is 1. The molecule has 0 aliphatic carbocycles. The van der Waals surface area contributed by atoms with Crippen molar-refractivity contribution in [1.82, 2.24) is 4.98 Å². The number of nitrogens with zero attached hydrogens (tertiary/aromatic N) is 2. The van der Waals surface area contributed by atoms with E-state index in [0.717, 1.165) is 24.5 Å². The number of nitrogens with one attached hydrogen (secondary N) is 1. The van der Waals surface area contributed by atoms with E-state index in [1.165, 1.54) is 12.1 Å². The fraction of sp³-hybridized carbons (Fsp3) is 0.0556. The van der Waals surface area contributed by atoms with E-state index in [1.807, 2.05) is 0 Å². The van der Waals surface area contributed by atoms with E-state index >= 15 is 0 Å². The van der Waals surface area contributed by atoms with Gasteiger partial charge in [-0.1, -0.05) is 0 Å². The zero-order valence-electron chi connectivity index (χ0n) is 14.2. The summed E-state index contributed by atoms with van der Waals surface area (Å²) in [6, 6.07) is 5.54. The van der Waals surface area contributed by atoms with Crippen molar-refractivity contribution in [1.29, 1.82) is 0 Å². The predicted octanol–water partition coefficient (Wildman–Crippen LogP) is 4.06. The van der Waals surface area contributed by atoms with Crippen LogP contribution in [0.5, 0.6) is 11.6 Å². The molecule has 2 heterocycles. The maximum atomic E-state index is 13.4.